The molecule has 2 aromatic heterocycles. The number of halogens is 2. The maximum atomic E-state index is 4.29. The lowest BCUT2D eigenvalue weighted by molar-refractivity contribution is 0.981. The van der Waals surface area contributed by atoms with E-state index < -0.39 is 0 Å². The van der Waals surface area contributed by atoms with Crippen molar-refractivity contribution >= 4 is 31.9 Å². The zero-order valence-electron chi connectivity index (χ0n) is 7.41. The Hall–Kier alpha value is -0.680. The summed E-state index contributed by atoms with van der Waals surface area (Å²) < 4.78 is 3.76. The molecule has 14 heavy (non-hydrogen) atoms. The van der Waals surface area contributed by atoms with Crippen molar-refractivity contribution in [2.45, 2.75) is 6.92 Å². The second-order valence-corrected chi connectivity index (χ2v) is 4.65. The third kappa shape index (κ3) is 1.88. The van der Waals surface area contributed by atoms with Crippen LogP contribution < -0.4 is 0 Å². The van der Waals surface area contributed by atoms with Gasteiger partial charge in [0.2, 0.25) is 0 Å². The van der Waals surface area contributed by atoms with Gasteiger partial charge in [-0.1, -0.05) is 0 Å². The molecule has 0 radical (unpaired) electrons. The van der Waals surface area contributed by atoms with Gasteiger partial charge in [-0.15, -0.1) is 0 Å². The Morgan fingerprint density at radius 1 is 1.29 bits per heavy atom. The van der Waals surface area contributed by atoms with E-state index in [1.165, 1.54) is 0 Å². The van der Waals surface area contributed by atoms with Gasteiger partial charge in [-0.25, -0.2) is 9.97 Å². The van der Waals surface area contributed by atoms with Gasteiger partial charge in [0.05, 0.1) is 10.2 Å². The van der Waals surface area contributed by atoms with Crippen molar-refractivity contribution in [1.82, 2.24) is 14.5 Å². The van der Waals surface area contributed by atoms with Gasteiger partial charge in [-0.05, 0) is 44.8 Å². The molecule has 0 N–H and O–H groups in total. The maximum absolute atomic E-state index is 4.29. The van der Waals surface area contributed by atoms with Crippen molar-refractivity contribution in [2.75, 3.05) is 0 Å². The third-order valence-corrected chi connectivity index (χ3v) is 2.76. The molecule has 2 aromatic rings. The average molecular weight is 317 g/mol. The summed E-state index contributed by atoms with van der Waals surface area (Å²) in [4.78, 5) is 8.44. The maximum Gasteiger partial charge on any atom is 0.152 e. The fourth-order valence-corrected chi connectivity index (χ4v) is 2.33. The number of aromatic nitrogens is 3. The second kappa shape index (κ2) is 3.82. The van der Waals surface area contributed by atoms with E-state index in [0.29, 0.717) is 0 Å². The normalized spacial score (nSPS) is 10.5. The van der Waals surface area contributed by atoms with Gasteiger partial charge in [0.1, 0.15) is 6.33 Å². The predicted molar refractivity (Wildman–Crippen MR) is 61.5 cm³/mol. The molecule has 0 aliphatic heterocycles. The molecule has 0 saturated carbocycles. The number of hydrogen-bond donors (Lipinski definition) is 0. The summed E-state index contributed by atoms with van der Waals surface area (Å²) in [6, 6.07) is 1.96. The Morgan fingerprint density at radius 3 is 2.64 bits per heavy atom. The Balaban J connectivity index is 2.52. The molecule has 0 bridgehead atoms. The molecule has 2 rings (SSSR count). The fraction of sp³-hybridized carbons (Fsp3) is 0.111. The first-order valence-corrected chi connectivity index (χ1v) is 5.57. The fourth-order valence-electron chi connectivity index (χ4n) is 1.13. The van der Waals surface area contributed by atoms with Crippen molar-refractivity contribution in [3.63, 3.8) is 0 Å². The van der Waals surface area contributed by atoms with Crippen LogP contribution in [0.4, 0.5) is 0 Å². The summed E-state index contributed by atoms with van der Waals surface area (Å²) in [6.45, 7) is 1.95. The van der Waals surface area contributed by atoms with Crippen LogP contribution in [0.1, 0.15) is 5.69 Å². The Morgan fingerprint density at radius 2 is 2.07 bits per heavy atom. The summed E-state index contributed by atoms with van der Waals surface area (Å²) in [7, 11) is 0. The molecule has 0 aliphatic rings. The van der Waals surface area contributed by atoms with E-state index in [2.05, 4.69) is 41.8 Å². The van der Waals surface area contributed by atoms with Crippen LogP contribution in [0.15, 0.2) is 33.7 Å². The first-order chi connectivity index (χ1) is 6.66. The quantitative estimate of drug-likeness (QED) is 0.809. The van der Waals surface area contributed by atoms with E-state index in [1.54, 1.807) is 12.5 Å². The second-order valence-electron chi connectivity index (χ2n) is 2.88. The number of nitrogens with zero attached hydrogens (tertiary/aromatic N) is 3. The lowest BCUT2D eigenvalue weighted by atomic mass is 10.4. The molecular formula is C9H7Br2N3. The van der Waals surface area contributed by atoms with E-state index >= 15 is 0 Å². The number of rotatable bonds is 1. The molecule has 72 valence electrons. The minimum Gasteiger partial charge on any atom is -0.289 e. The van der Waals surface area contributed by atoms with Crippen molar-refractivity contribution in [3.8, 4) is 5.82 Å². The molecule has 0 spiro atoms. The van der Waals surface area contributed by atoms with Gasteiger partial charge in [0, 0.05) is 16.9 Å². The summed E-state index contributed by atoms with van der Waals surface area (Å²) >= 11 is 6.81. The highest BCUT2D eigenvalue weighted by molar-refractivity contribution is 9.11. The topological polar surface area (TPSA) is 30.7 Å². The van der Waals surface area contributed by atoms with Gasteiger partial charge >= 0.3 is 0 Å². The van der Waals surface area contributed by atoms with Gasteiger partial charge in [-0.3, -0.25) is 4.57 Å². The van der Waals surface area contributed by atoms with Crippen molar-refractivity contribution in [2.24, 2.45) is 0 Å². The standard InChI is InChI=1S/C9H7Br2N3/c1-6-4-14(5-13-6)9-8(11)2-7(10)3-12-9/h2-5H,1H3. The molecule has 0 aromatic carbocycles. The van der Waals surface area contributed by atoms with Crippen LogP contribution >= 0.6 is 31.9 Å². The van der Waals surface area contributed by atoms with E-state index in [9.17, 15) is 0 Å². The number of aryl methyl sites for hydroxylation is 1. The van der Waals surface area contributed by atoms with Crippen LogP contribution in [0.3, 0.4) is 0 Å². The molecule has 0 fully saturated rings. The average Bonchev–Trinajstić information content (AvgIpc) is 2.51. The van der Waals surface area contributed by atoms with E-state index in [1.807, 2.05) is 23.8 Å². The first kappa shape index (κ1) is 9.86. The van der Waals surface area contributed by atoms with Gasteiger partial charge < -0.3 is 0 Å². The number of pyridine rings is 1. The largest absolute Gasteiger partial charge is 0.289 e. The molecular weight excluding hydrogens is 310 g/mol. The number of imidazole rings is 1. The molecule has 0 atom stereocenters. The molecule has 0 saturated heterocycles. The van der Waals surface area contributed by atoms with Crippen molar-refractivity contribution in [3.05, 3.63) is 39.4 Å². The Bertz CT molecular complexity index is 465. The first-order valence-electron chi connectivity index (χ1n) is 3.99. The molecule has 5 heteroatoms. The summed E-state index contributed by atoms with van der Waals surface area (Å²) in [6.07, 6.45) is 5.44. The van der Waals surface area contributed by atoms with E-state index in [0.717, 1.165) is 20.5 Å². The molecule has 0 unspecified atom stereocenters. The summed E-state index contributed by atoms with van der Waals surface area (Å²) in [5, 5.41) is 0. The highest BCUT2D eigenvalue weighted by atomic mass is 79.9. The van der Waals surface area contributed by atoms with Crippen LogP contribution in [0.2, 0.25) is 0 Å². The Kier molecular flexibility index (Phi) is 2.69. The van der Waals surface area contributed by atoms with E-state index in [-0.39, 0.29) is 0 Å². The van der Waals surface area contributed by atoms with Crippen LogP contribution in [0.5, 0.6) is 0 Å². The third-order valence-electron chi connectivity index (χ3n) is 1.74. The van der Waals surface area contributed by atoms with Crippen LogP contribution in [-0.4, -0.2) is 14.5 Å². The lowest BCUT2D eigenvalue weighted by Gasteiger charge is -2.03. The van der Waals surface area contributed by atoms with Gasteiger partial charge in [0.15, 0.2) is 5.82 Å². The highest BCUT2D eigenvalue weighted by Crippen LogP contribution is 2.22. The Labute approximate surface area is 98.4 Å². The minimum atomic E-state index is 0.841. The van der Waals surface area contributed by atoms with Crippen LogP contribution in [-0.2, 0) is 0 Å². The smallest absolute Gasteiger partial charge is 0.152 e. The highest BCUT2D eigenvalue weighted by Gasteiger charge is 2.04. The van der Waals surface area contributed by atoms with Crippen molar-refractivity contribution < 1.29 is 0 Å². The van der Waals surface area contributed by atoms with Crippen molar-refractivity contribution in [1.29, 1.82) is 0 Å². The molecule has 0 aliphatic carbocycles. The van der Waals surface area contributed by atoms with Crippen LogP contribution in [0, 0.1) is 6.92 Å². The molecule has 2 heterocycles. The monoisotopic (exact) mass is 315 g/mol. The predicted octanol–water partition coefficient (Wildman–Crippen LogP) is 3.10. The number of hydrogen-bond acceptors (Lipinski definition) is 2. The zero-order chi connectivity index (χ0) is 10.1. The van der Waals surface area contributed by atoms with Gasteiger partial charge in [-0.2, -0.15) is 0 Å². The molecule has 0 amide bonds. The zero-order valence-corrected chi connectivity index (χ0v) is 10.6. The van der Waals surface area contributed by atoms with Crippen LogP contribution in [0.25, 0.3) is 5.82 Å². The van der Waals surface area contributed by atoms with Gasteiger partial charge in [0.25, 0.3) is 0 Å². The minimum absolute atomic E-state index is 0.841. The molecule has 3 nitrogen and oxygen atoms in total. The van der Waals surface area contributed by atoms with E-state index in [4.69, 9.17) is 0 Å². The summed E-state index contributed by atoms with van der Waals surface area (Å²) in [5.41, 5.74) is 0.974. The summed E-state index contributed by atoms with van der Waals surface area (Å²) in [5.74, 6) is 0.841. The lowest BCUT2D eigenvalue weighted by Crippen LogP contribution is -1.95. The SMILES string of the molecule is Cc1cn(-c2ncc(Br)cc2Br)cn1.